The SMILES string of the molecule is COC(=O)CC[C@@H]1COCCN1. The Balaban J connectivity index is 2.09. The number of carbonyl (C=O) groups is 1. The van der Waals surface area contributed by atoms with Crippen molar-refractivity contribution in [2.24, 2.45) is 0 Å². The number of hydrogen-bond donors (Lipinski definition) is 1. The van der Waals surface area contributed by atoms with E-state index in [2.05, 4.69) is 10.1 Å². The Kier molecular flexibility index (Phi) is 4.04. The van der Waals surface area contributed by atoms with Crippen molar-refractivity contribution in [3.8, 4) is 0 Å². The van der Waals surface area contributed by atoms with Crippen molar-refractivity contribution in [2.75, 3.05) is 26.9 Å². The molecule has 0 unspecified atom stereocenters. The Morgan fingerprint density at radius 3 is 3.17 bits per heavy atom. The van der Waals surface area contributed by atoms with Crippen LogP contribution in [0.15, 0.2) is 0 Å². The largest absolute Gasteiger partial charge is 0.469 e. The maximum absolute atomic E-state index is 10.8. The van der Waals surface area contributed by atoms with Crippen LogP contribution in [0.2, 0.25) is 0 Å². The van der Waals surface area contributed by atoms with Gasteiger partial charge in [-0.25, -0.2) is 0 Å². The molecule has 12 heavy (non-hydrogen) atoms. The van der Waals surface area contributed by atoms with Gasteiger partial charge in [-0.3, -0.25) is 4.79 Å². The molecule has 4 heteroatoms. The lowest BCUT2D eigenvalue weighted by Crippen LogP contribution is -2.41. The Labute approximate surface area is 72.2 Å². The first-order valence-electron chi connectivity index (χ1n) is 4.21. The predicted molar refractivity (Wildman–Crippen MR) is 43.9 cm³/mol. The Morgan fingerprint density at radius 2 is 2.58 bits per heavy atom. The third-order valence-electron chi connectivity index (χ3n) is 1.92. The summed E-state index contributed by atoms with van der Waals surface area (Å²) in [6.07, 6.45) is 1.27. The fourth-order valence-electron chi connectivity index (χ4n) is 1.20. The summed E-state index contributed by atoms with van der Waals surface area (Å²) in [5.74, 6) is -0.151. The molecule has 70 valence electrons. The van der Waals surface area contributed by atoms with Crippen molar-refractivity contribution in [3.63, 3.8) is 0 Å². The third kappa shape index (κ3) is 3.19. The van der Waals surface area contributed by atoms with Crippen LogP contribution in [-0.4, -0.2) is 38.9 Å². The van der Waals surface area contributed by atoms with Gasteiger partial charge in [0.25, 0.3) is 0 Å². The van der Waals surface area contributed by atoms with Crippen LogP contribution in [0.3, 0.4) is 0 Å². The topological polar surface area (TPSA) is 47.6 Å². The first-order valence-corrected chi connectivity index (χ1v) is 4.21. The van der Waals surface area contributed by atoms with Crippen LogP contribution < -0.4 is 5.32 Å². The molecule has 1 atom stereocenters. The van der Waals surface area contributed by atoms with E-state index in [0.29, 0.717) is 19.1 Å². The number of morpholine rings is 1. The average Bonchev–Trinajstić information content (AvgIpc) is 2.16. The van der Waals surface area contributed by atoms with Crippen molar-refractivity contribution < 1.29 is 14.3 Å². The van der Waals surface area contributed by atoms with Gasteiger partial charge in [0.05, 0.1) is 20.3 Å². The lowest BCUT2D eigenvalue weighted by Gasteiger charge is -2.23. The smallest absolute Gasteiger partial charge is 0.305 e. The second-order valence-corrected chi connectivity index (χ2v) is 2.84. The van der Waals surface area contributed by atoms with Gasteiger partial charge in [0.15, 0.2) is 0 Å². The normalized spacial score (nSPS) is 23.6. The Hall–Kier alpha value is -0.610. The Bertz CT molecular complexity index is 143. The quantitative estimate of drug-likeness (QED) is 0.607. The minimum absolute atomic E-state index is 0.151. The number of carbonyl (C=O) groups excluding carboxylic acids is 1. The first kappa shape index (κ1) is 9.48. The molecule has 0 radical (unpaired) electrons. The molecule has 1 rings (SSSR count). The number of methoxy groups -OCH3 is 1. The number of hydrogen-bond acceptors (Lipinski definition) is 4. The van der Waals surface area contributed by atoms with Crippen LogP contribution in [0.4, 0.5) is 0 Å². The van der Waals surface area contributed by atoms with E-state index < -0.39 is 0 Å². The van der Waals surface area contributed by atoms with Crippen LogP contribution >= 0.6 is 0 Å². The molecule has 1 saturated heterocycles. The summed E-state index contributed by atoms with van der Waals surface area (Å²) in [7, 11) is 1.41. The zero-order valence-corrected chi connectivity index (χ0v) is 7.34. The van der Waals surface area contributed by atoms with E-state index in [9.17, 15) is 4.79 Å². The van der Waals surface area contributed by atoms with Gasteiger partial charge in [-0.05, 0) is 6.42 Å². The standard InChI is InChI=1S/C8H15NO3/c1-11-8(10)3-2-7-6-12-5-4-9-7/h7,9H,2-6H2,1H3/t7-/m1/s1. The van der Waals surface area contributed by atoms with E-state index in [4.69, 9.17) is 4.74 Å². The molecule has 0 amide bonds. The van der Waals surface area contributed by atoms with Crippen molar-refractivity contribution in [1.82, 2.24) is 5.32 Å². The number of nitrogens with one attached hydrogen (secondary N) is 1. The molecule has 0 aromatic heterocycles. The highest BCUT2D eigenvalue weighted by molar-refractivity contribution is 5.69. The summed E-state index contributed by atoms with van der Waals surface area (Å²) >= 11 is 0. The van der Waals surface area contributed by atoms with Crippen molar-refractivity contribution in [1.29, 1.82) is 0 Å². The van der Waals surface area contributed by atoms with E-state index in [1.165, 1.54) is 7.11 Å². The molecular formula is C8H15NO3. The maximum Gasteiger partial charge on any atom is 0.305 e. The molecule has 1 aliphatic heterocycles. The van der Waals surface area contributed by atoms with Crippen LogP contribution in [0, 0.1) is 0 Å². The van der Waals surface area contributed by atoms with Crippen LogP contribution in [-0.2, 0) is 14.3 Å². The lowest BCUT2D eigenvalue weighted by atomic mass is 10.1. The zero-order chi connectivity index (χ0) is 8.81. The fraction of sp³-hybridized carbons (Fsp3) is 0.875. The number of rotatable bonds is 3. The van der Waals surface area contributed by atoms with Gasteiger partial charge in [-0.15, -0.1) is 0 Å². The molecule has 0 bridgehead atoms. The van der Waals surface area contributed by atoms with E-state index in [-0.39, 0.29) is 5.97 Å². The molecule has 4 nitrogen and oxygen atoms in total. The number of esters is 1. The monoisotopic (exact) mass is 173 g/mol. The summed E-state index contributed by atoms with van der Waals surface area (Å²) in [6, 6.07) is 0.317. The van der Waals surface area contributed by atoms with Crippen LogP contribution in [0.25, 0.3) is 0 Å². The zero-order valence-electron chi connectivity index (χ0n) is 7.34. The van der Waals surface area contributed by atoms with Gasteiger partial charge >= 0.3 is 5.97 Å². The lowest BCUT2D eigenvalue weighted by molar-refractivity contribution is -0.141. The molecule has 1 fully saturated rings. The predicted octanol–water partition coefficient (Wildman–Crippen LogP) is -0.0720. The minimum atomic E-state index is -0.151. The van der Waals surface area contributed by atoms with E-state index in [1.54, 1.807) is 0 Å². The molecule has 0 aromatic rings. The highest BCUT2D eigenvalue weighted by Gasteiger charge is 2.14. The Morgan fingerprint density at radius 1 is 1.75 bits per heavy atom. The van der Waals surface area contributed by atoms with Gasteiger partial charge in [-0.2, -0.15) is 0 Å². The average molecular weight is 173 g/mol. The van der Waals surface area contributed by atoms with Gasteiger partial charge in [-0.1, -0.05) is 0 Å². The van der Waals surface area contributed by atoms with E-state index in [1.807, 2.05) is 0 Å². The first-order chi connectivity index (χ1) is 5.83. The summed E-state index contributed by atoms with van der Waals surface area (Å²) < 4.78 is 9.77. The van der Waals surface area contributed by atoms with Crippen LogP contribution in [0.1, 0.15) is 12.8 Å². The van der Waals surface area contributed by atoms with E-state index >= 15 is 0 Å². The third-order valence-corrected chi connectivity index (χ3v) is 1.92. The van der Waals surface area contributed by atoms with Gasteiger partial charge in [0.2, 0.25) is 0 Å². The molecule has 0 spiro atoms. The van der Waals surface area contributed by atoms with Gasteiger partial charge < -0.3 is 14.8 Å². The summed E-state index contributed by atoms with van der Waals surface area (Å²) in [4.78, 5) is 10.8. The molecule has 0 aliphatic carbocycles. The molecular weight excluding hydrogens is 158 g/mol. The summed E-state index contributed by atoms with van der Waals surface area (Å²) in [6.45, 7) is 2.36. The van der Waals surface area contributed by atoms with Crippen LogP contribution in [0.5, 0.6) is 0 Å². The summed E-state index contributed by atoms with van der Waals surface area (Å²) in [5, 5.41) is 3.27. The second-order valence-electron chi connectivity index (χ2n) is 2.84. The van der Waals surface area contributed by atoms with E-state index in [0.717, 1.165) is 19.6 Å². The number of ether oxygens (including phenoxy) is 2. The molecule has 1 heterocycles. The fourth-order valence-corrected chi connectivity index (χ4v) is 1.20. The van der Waals surface area contributed by atoms with Gasteiger partial charge in [0.1, 0.15) is 0 Å². The molecule has 1 N–H and O–H groups in total. The highest BCUT2D eigenvalue weighted by atomic mass is 16.5. The van der Waals surface area contributed by atoms with Crippen molar-refractivity contribution >= 4 is 5.97 Å². The molecule has 1 aliphatic rings. The minimum Gasteiger partial charge on any atom is -0.469 e. The highest BCUT2D eigenvalue weighted by Crippen LogP contribution is 2.02. The maximum atomic E-state index is 10.8. The van der Waals surface area contributed by atoms with Gasteiger partial charge in [0, 0.05) is 19.0 Å². The second kappa shape index (κ2) is 5.11. The molecule has 0 aromatic carbocycles. The van der Waals surface area contributed by atoms with Crippen molar-refractivity contribution in [2.45, 2.75) is 18.9 Å². The van der Waals surface area contributed by atoms with Crippen molar-refractivity contribution in [3.05, 3.63) is 0 Å². The molecule has 0 saturated carbocycles. The summed E-state index contributed by atoms with van der Waals surface area (Å²) in [5.41, 5.74) is 0.